The van der Waals surface area contributed by atoms with E-state index < -0.39 is 34.0 Å². The van der Waals surface area contributed by atoms with E-state index in [0.717, 1.165) is 4.68 Å². The van der Waals surface area contributed by atoms with Gasteiger partial charge < -0.3 is 9.73 Å². The predicted octanol–water partition coefficient (Wildman–Crippen LogP) is 1.50. The van der Waals surface area contributed by atoms with Crippen LogP contribution in [0.25, 0.3) is 11.5 Å². The molecule has 0 radical (unpaired) electrons. The molecule has 0 spiro atoms. The van der Waals surface area contributed by atoms with E-state index in [1.165, 1.54) is 43.4 Å². The van der Waals surface area contributed by atoms with E-state index in [4.69, 9.17) is 4.42 Å². The first-order valence-corrected chi connectivity index (χ1v) is 9.86. The van der Waals surface area contributed by atoms with Crippen molar-refractivity contribution in [1.82, 2.24) is 14.5 Å². The molecule has 0 aliphatic rings. The molecule has 0 saturated carbocycles. The van der Waals surface area contributed by atoms with Crippen molar-refractivity contribution in [1.29, 1.82) is 0 Å². The van der Waals surface area contributed by atoms with Gasteiger partial charge in [-0.15, -0.1) is 5.10 Å². The van der Waals surface area contributed by atoms with Gasteiger partial charge in [-0.05, 0) is 55.9 Å². The third-order valence-corrected chi connectivity index (χ3v) is 5.58. The number of halogens is 1. The van der Waals surface area contributed by atoms with Crippen LogP contribution >= 0.6 is 0 Å². The van der Waals surface area contributed by atoms with Crippen LogP contribution in [0.3, 0.4) is 0 Å². The van der Waals surface area contributed by atoms with Crippen LogP contribution in [0.15, 0.2) is 56.6 Å². The Balaban J connectivity index is 1.77. The Hall–Kier alpha value is -3.31. The molecule has 9 nitrogen and oxygen atoms in total. The summed E-state index contributed by atoms with van der Waals surface area (Å²) in [5.41, 5.74) is 1.13. The molecule has 3 aromatic rings. The lowest BCUT2D eigenvalue weighted by atomic mass is 10.2. The molecule has 0 unspecified atom stereocenters. The lowest BCUT2D eigenvalue weighted by Gasteiger charge is -2.10. The monoisotopic (exact) mass is 420 g/mol. The number of anilines is 1. The van der Waals surface area contributed by atoms with E-state index in [1.54, 1.807) is 13.0 Å². The Kier molecular flexibility index (Phi) is 5.62. The zero-order valence-corrected chi connectivity index (χ0v) is 16.3. The van der Waals surface area contributed by atoms with Crippen molar-refractivity contribution in [3.63, 3.8) is 0 Å². The number of hydrogen-bond donors (Lipinski definition) is 2. The molecule has 0 saturated heterocycles. The summed E-state index contributed by atoms with van der Waals surface area (Å²) in [5.74, 6) is -1.97. The molecule has 1 amide bonds. The second kappa shape index (κ2) is 7.97. The molecule has 1 heterocycles. The molecule has 0 aliphatic carbocycles. The van der Waals surface area contributed by atoms with Crippen molar-refractivity contribution in [3.8, 4) is 11.5 Å². The number of amides is 1. The summed E-state index contributed by atoms with van der Waals surface area (Å²) >= 11 is 0. The summed E-state index contributed by atoms with van der Waals surface area (Å²) in [6.07, 6.45) is 0. The zero-order chi connectivity index (χ0) is 21.2. The van der Waals surface area contributed by atoms with Crippen molar-refractivity contribution < 1.29 is 22.0 Å². The van der Waals surface area contributed by atoms with Crippen LogP contribution in [0.4, 0.5) is 10.1 Å². The molecule has 3 rings (SSSR count). The fraction of sp³-hybridized carbons (Fsp3) is 0.167. The molecule has 0 fully saturated rings. The van der Waals surface area contributed by atoms with Crippen LogP contribution in [0.5, 0.6) is 0 Å². The van der Waals surface area contributed by atoms with Crippen LogP contribution in [-0.4, -0.2) is 31.2 Å². The Bertz CT molecular complexity index is 1220. The lowest BCUT2D eigenvalue weighted by molar-refractivity contribution is -0.117. The first-order chi connectivity index (χ1) is 13.7. The molecule has 1 aromatic heterocycles. The summed E-state index contributed by atoms with van der Waals surface area (Å²) < 4.78 is 45.1. The van der Waals surface area contributed by atoms with E-state index in [0.29, 0.717) is 11.1 Å². The second-order valence-corrected chi connectivity index (χ2v) is 7.93. The number of nitrogens with zero attached hydrogens (tertiary/aromatic N) is 2. The van der Waals surface area contributed by atoms with Gasteiger partial charge in [-0.1, -0.05) is 6.07 Å². The minimum atomic E-state index is -3.69. The average molecular weight is 420 g/mol. The smallest absolute Gasteiger partial charge is 0.388 e. The van der Waals surface area contributed by atoms with Crippen molar-refractivity contribution in [2.45, 2.75) is 18.4 Å². The quantitative estimate of drug-likeness (QED) is 0.623. The van der Waals surface area contributed by atoms with Gasteiger partial charge in [-0.2, -0.15) is 4.68 Å². The molecule has 0 bridgehead atoms. The van der Waals surface area contributed by atoms with Crippen molar-refractivity contribution in [2.24, 2.45) is 0 Å². The molecule has 2 N–H and O–H groups in total. The van der Waals surface area contributed by atoms with Crippen LogP contribution < -0.4 is 15.8 Å². The molecule has 2 aromatic carbocycles. The van der Waals surface area contributed by atoms with E-state index in [1.807, 2.05) is 0 Å². The van der Waals surface area contributed by atoms with Gasteiger partial charge in [0.2, 0.25) is 21.8 Å². The van der Waals surface area contributed by atoms with Gasteiger partial charge in [0.15, 0.2) is 0 Å². The summed E-state index contributed by atoms with van der Waals surface area (Å²) in [7, 11) is -2.41. The number of sulfonamides is 1. The van der Waals surface area contributed by atoms with E-state index in [9.17, 15) is 22.4 Å². The zero-order valence-electron chi connectivity index (χ0n) is 15.5. The summed E-state index contributed by atoms with van der Waals surface area (Å²) in [6, 6.07) is 9.56. The number of nitrogens with one attached hydrogen (secondary N) is 2. The minimum absolute atomic E-state index is 0.0231. The maximum atomic E-state index is 13.0. The molecule has 152 valence electrons. The molecule has 0 atom stereocenters. The minimum Gasteiger partial charge on any atom is -0.388 e. The number of aromatic nitrogens is 2. The highest BCUT2D eigenvalue weighted by molar-refractivity contribution is 7.89. The maximum absolute atomic E-state index is 13.0. The summed E-state index contributed by atoms with van der Waals surface area (Å²) in [4.78, 5) is 24.2. The van der Waals surface area contributed by atoms with Crippen molar-refractivity contribution >= 4 is 21.6 Å². The Labute approximate surface area is 165 Å². The molecule has 11 heteroatoms. The highest BCUT2D eigenvalue weighted by Gasteiger charge is 2.17. The fourth-order valence-electron chi connectivity index (χ4n) is 2.53. The van der Waals surface area contributed by atoms with Gasteiger partial charge in [0, 0.05) is 11.3 Å². The third-order valence-electron chi connectivity index (χ3n) is 4.02. The first kappa shape index (κ1) is 20.4. The number of rotatable bonds is 6. The SMILES string of the molecule is CNS(=O)(=O)c1cc(NC(=O)Cn2nc(-c3ccc(F)cc3)oc2=O)ccc1C. The molecule has 0 aliphatic heterocycles. The van der Waals surface area contributed by atoms with Gasteiger partial charge in [0.1, 0.15) is 12.4 Å². The number of aryl methyl sites for hydroxylation is 1. The van der Waals surface area contributed by atoms with E-state index >= 15 is 0 Å². The number of hydrogen-bond acceptors (Lipinski definition) is 6. The summed E-state index contributed by atoms with van der Waals surface area (Å²) in [5, 5.41) is 6.44. The fourth-order valence-corrected chi connectivity index (χ4v) is 3.52. The average Bonchev–Trinajstić information content (AvgIpc) is 3.04. The first-order valence-electron chi connectivity index (χ1n) is 8.37. The number of carbonyl (C=O) groups excluding carboxylic acids is 1. The van der Waals surface area contributed by atoms with Gasteiger partial charge in [-0.25, -0.2) is 22.3 Å². The largest absolute Gasteiger partial charge is 0.437 e. The van der Waals surface area contributed by atoms with Crippen LogP contribution in [-0.2, 0) is 21.4 Å². The van der Waals surface area contributed by atoms with E-state index in [2.05, 4.69) is 15.1 Å². The van der Waals surface area contributed by atoms with Crippen molar-refractivity contribution in [2.75, 3.05) is 12.4 Å². The topological polar surface area (TPSA) is 123 Å². The van der Waals surface area contributed by atoms with E-state index in [-0.39, 0.29) is 16.5 Å². The van der Waals surface area contributed by atoms with Crippen LogP contribution in [0, 0.1) is 12.7 Å². The van der Waals surface area contributed by atoms with Gasteiger partial charge in [0.05, 0.1) is 4.90 Å². The molecular formula is C18H17FN4O5S. The van der Waals surface area contributed by atoms with Gasteiger partial charge in [-0.3, -0.25) is 4.79 Å². The summed E-state index contributed by atoms with van der Waals surface area (Å²) in [6.45, 7) is 1.17. The van der Waals surface area contributed by atoms with Crippen LogP contribution in [0.2, 0.25) is 0 Å². The molecule has 29 heavy (non-hydrogen) atoms. The predicted molar refractivity (Wildman–Crippen MR) is 102 cm³/mol. The normalized spacial score (nSPS) is 11.4. The third kappa shape index (κ3) is 4.58. The number of benzene rings is 2. The maximum Gasteiger partial charge on any atom is 0.437 e. The molecular weight excluding hydrogens is 403 g/mol. The highest BCUT2D eigenvalue weighted by atomic mass is 32.2. The van der Waals surface area contributed by atoms with Gasteiger partial charge in [0.25, 0.3) is 0 Å². The number of carbonyl (C=O) groups is 1. The Morgan fingerprint density at radius 3 is 2.55 bits per heavy atom. The van der Waals surface area contributed by atoms with Crippen molar-refractivity contribution in [3.05, 3.63) is 64.4 Å². The van der Waals surface area contributed by atoms with Crippen LogP contribution in [0.1, 0.15) is 5.56 Å². The Morgan fingerprint density at radius 2 is 1.90 bits per heavy atom. The van der Waals surface area contributed by atoms with Gasteiger partial charge >= 0.3 is 5.76 Å². The standard InChI is InChI=1S/C18H17FN4O5S/c1-11-3-8-14(9-15(11)29(26,27)20-2)21-16(24)10-23-18(25)28-17(22-23)12-4-6-13(19)7-5-12/h3-9,20H,10H2,1-2H3,(H,21,24). The highest BCUT2D eigenvalue weighted by Crippen LogP contribution is 2.20. The lowest BCUT2D eigenvalue weighted by Crippen LogP contribution is -2.26. The second-order valence-electron chi connectivity index (χ2n) is 6.07. The Morgan fingerprint density at radius 1 is 1.21 bits per heavy atom.